The summed E-state index contributed by atoms with van der Waals surface area (Å²) in [6, 6.07) is 13.2. The Morgan fingerprint density at radius 2 is 1.96 bits per heavy atom. The molecule has 0 aliphatic carbocycles. The molecular weight excluding hydrogens is 370 g/mol. The molecule has 6 nitrogen and oxygen atoms in total. The first kappa shape index (κ1) is 17.1. The van der Waals surface area contributed by atoms with Gasteiger partial charge in [0.15, 0.2) is 5.16 Å². The lowest BCUT2D eigenvalue weighted by Gasteiger charge is -2.14. The fraction of sp³-hybridized carbons (Fsp3) is 0.167. The first-order chi connectivity index (χ1) is 12.7. The van der Waals surface area contributed by atoms with Gasteiger partial charge in [0.1, 0.15) is 11.8 Å². The SMILES string of the molecule is CCSc1ncc2ccc(Cl)c(C(O)c3cnn(-c4ccccc4)n3)n12. The van der Waals surface area contributed by atoms with Gasteiger partial charge in [-0.15, -0.1) is 0 Å². The minimum atomic E-state index is -1.02. The number of para-hydroxylation sites is 1. The molecule has 0 spiro atoms. The Kier molecular flexibility index (Phi) is 4.67. The van der Waals surface area contributed by atoms with Crippen molar-refractivity contribution >= 4 is 28.9 Å². The van der Waals surface area contributed by atoms with Crippen LogP contribution in [0.2, 0.25) is 5.02 Å². The Labute approximate surface area is 159 Å². The average Bonchev–Trinajstić information content (AvgIpc) is 3.30. The van der Waals surface area contributed by atoms with E-state index < -0.39 is 6.10 Å². The van der Waals surface area contributed by atoms with Crippen LogP contribution in [0.15, 0.2) is 60.0 Å². The predicted molar refractivity (Wildman–Crippen MR) is 102 cm³/mol. The highest BCUT2D eigenvalue weighted by atomic mass is 35.5. The maximum atomic E-state index is 11.0. The lowest BCUT2D eigenvalue weighted by atomic mass is 10.1. The number of hydrogen-bond donors (Lipinski definition) is 1. The smallest absolute Gasteiger partial charge is 0.172 e. The number of imidazole rings is 1. The summed E-state index contributed by atoms with van der Waals surface area (Å²) in [6.45, 7) is 2.05. The van der Waals surface area contributed by atoms with E-state index in [0.29, 0.717) is 16.4 Å². The van der Waals surface area contributed by atoms with E-state index in [1.54, 1.807) is 30.2 Å². The number of halogens is 1. The van der Waals surface area contributed by atoms with Crippen LogP contribution in [-0.4, -0.2) is 35.2 Å². The van der Waals surface area contributed by atoms with Crippen molar-refractivity contribution in [2.24, 2.45) is 0 Å². The Morgan fingerprint density at radius 3 is 2.73 bits per heavy atom. The van der Waals surface area contributed by atoms with E-state index in [1.807, 2.05) is 40.8 Å². The predicted octanol–water partition coefficient (Wildman–Crippen LogP) is 3.76. The van der Waals surface area contributed by atoms with Gasteiger partial charge in [-0.1, -0.05) is 48.5 Å². The minimum absolute atomic E-state index is 0.421. The van der Waals surface area contributed by atoms with Gasteiger partial charge in [-0.2, -0.15) is 15.0 Å². The second kappa shape index (κ2) is 7.11. The fourth-order valence-electron chi connectivity index (χ4n) is 2.77. The van der Waals surface area contributed by atoms with Crippen LogP contribution in [0, 0.1) is 0 Å². The van der Waals surface area contributed by atoms with Crippen LogP contribution < -0.4 is 0 Å². The van der Waals surface area contributed by atoms with E-state index in [1.165, 1.54) is 4.80 Å². The molecule has 0 saturated carbocycles. The second-order valence-electron chi connectivity index (χ2n) is 5.60. The summed E-state index contributed by atoms with van der Waals surface area (Å²) in [5.41, 5.74) is 2.65. The van der Waals surface area contributed by atoms with Crippen LogP contribution in [-0.2, 0) is 0 Å². The normalized spacial score (nSPS) is 12.6. The van der Waals surface area contributed by atoms with Gasteiger partial charge >= 0.3 is 0 Å². The molecule has 26 heavy (non-hydrogen) atoms. The monoisotopic (exact) mass is 385 g/mol. The molecule has 0 saturated heterocycles. The van der Waals surface area contributed by atoms with Crippen LogP contribution in [0.4, 0.5) is 0 Å². The molecule has 0 aliphatic rings. The number of aliphatic hydroxyl groups excluding tert-OH is 1. The maximum Gasteiger partial charge on any atom is 0.172 e. The molecule has 4 aromatic rings. The van der Waals surface area contributed by atoms with E-state index in [9.17, 15) is 5.11 Å². The summed E-state index contributed by atoms with van der Waals surface area (Å²) in [6.07, 6.45) is 2.30. The van der Waals surface area contributed by atoms with Crippen molar-refractivity contribution in [3.63, 3.8) is 0 Å². The molecule has 8 heteroatoms. The fourth-order valence-corrected chi connectivity index (χ4v) is 3.74. The van der Waals surface area contributed by atoms with Gasteiger partial charge < -0.3 is 5.11 Å². The number of aromatic nitrogens is 5. The topological polar surface area (TPSA) is 68.2 Å². The molecule has 0 amide bonds. The van der Waals surface area contributed by atoms with E-state index in [-0.39, 0.29) is 0 Å². The third-order valence-corrected chi connectivity index (χ3v) is 5.11. The first-order valence-corrected chi connectivity index (χ1v) is 9.49. The second-order valence-corrected chi connectivity index (χ2v) is 7.24. The maximum absolute atomic E-state index is 11.0. The lowest BCUT2D eigenvalue weighted by Crippen LogP contribution is -2.09. The number of rotatable bonds is 5. The van der Waals surface area contributed by atoms with Gasteiger partial charge in [0.2, 0.25) is 0 Å². The van der Waals surface area contributed by atoms with Crippen molar-refractivity contribution in [3.05, 3.63) is 71.3 Å². The molecule has 1 atom stereocenters. The highest BCUT2D eigenvalue weighted by Crippen LogP contribution is 2.31. The van der Waals surface area contributed by atoms with Gasteiger partial charge in [0.25, 0.3) is 0 Å². The van der Waals surface area contributed by atoms with E-state index in [0.717, 1.165) is 22.1 Å². The van der Waals surface area contributed by atoms with Gasteiger partial charge in [0, 0.05) is 0 Å². The summed E-state index contributed by atoms with van der Waals surface area (Å²) in [5.74, 6) is 0.866. The number of hydrogen-bond acceptors (Lipinski definition) is 5. The third-order valence-electron chi connectivity index (χ3n) is 3.95. The Morgan fingerprint density at radius 1 is 1.15 bits per heavy atom. The standard InChI is InChI=1S/C18H16ClN5OS/c1-2-26-18-20-10-13-8-9-14(19)16(23(13)18)17(25)15-11-21-24(22-15)12-6-4-3-5-7-12/h3-11,17,25H,2H2,1H3. The van der Waals surface area contributed by atoms with E-state index in [2.05, 4.69) is 22.1 Å². The Hall–Kier alpha value is -2.35. The average molecular weight is 386 g/mol. The van der Waals surface area contributed by atoms with Gasteiger partial charge in [0.05, 0.1) is 34.3 Å². The number of nitrogens with zero attached hydrogens (tertiary/aromatic N) is 5. The molecule has 1 aromatic carbocycles. The summed E-state index contributed by atoms with van der Waals surface area (Å²) in [7, 11) is 0. The molecule has 0 aliphatic heterocycles. The van der Waals surface area contributed by atoms with Crippen molar-refractivity contribution in [3.8, 4) is 5.69 Å². The number of aliphatic hydroxyl groups is 1. The largest absolute Gasteiger partial charge is 0.380 e. The molecule has 3 heterocycles. The zero-order valence-corrected chi connectivity index (χ0v) is 15.5. The number of thioether (sulfide) groups is 1. The number of benzene rings is 1. The molecule has 0 radical (unpaired) electrons. The van der Waals surface area contributed by atoms with E-state index in [4.69, 9.17) is 11.6 Å². The zero-order valence-electron chi connectivity index (χ0n) is 14.0. The molecule has 1 unspecified atom stereocenters. The Bertz CT molecular complexity index is 1050. The van der Waals surface area contributed by atoms with Gasteiger partial charge in [-0.25, -0.2) is 4.98 Å². The van der Waals surface area contributed by atoms with Gasteiger partial charge in [-0.05, 0) is 30.0 Å². The molecular formula is C18H16ClN5OS. The summed E-state index contributed by atoms with van der Waals surface area (Å²) < 4.78 is 1.88. The van der Waals surface area contributed by atoms with Crippen molar-refractivity contribution in [2.45, 2.75) is 18.2 Å². The summed E-state index contributed by atoms with van der Waals surface area (Å²) in [4.78, 5) is 5.92. The Balaban J connectivity index is 1.79. The van der Waals surface area contributed by atoms with Crippen molar-refractivity contribution in [2.75, 3.05) is 5.75 Å². The third kappa shape index (κ3) is 2.98. The first-order valence-electron chi connectivity index (χ1n) is 8.13. The summed E-state index contributed by atoms with van der Waals surface area (Å²) in [5, 5.41) is 20.9. The van der Waals surface area contributed by atoms with Crippen LogP contribution in [0.5, 0.6) is 0 Å². The zero-order chi connectivity index (χ0) is 18.1. The van der Waals surface area contributed by atoms with Crippen LogP contribution in [0.25, 0.3) is 11.2 Å². The molecule has 132 valence electrons. The summed E-state index contributed by atoms with van der Waals surface area (Å²) >= 11 is 8.02. The minimum Gasteiger partial charge on any atom is -0.380 e. The van der Waals surface area contributed by atoms with Crippen LogP contribution in [0.1, 0.15) is 24.4 Å². The molecule has 0 bridgehead atoms. The highest BCUT2D eigenvalue weighted by molar-refractivity contribution is 7.99. The van der Waals surface area contributed by atoms with Crippen molar-refractivity contribution < 1.29 is 5.11 Å². The van der Waals surface area contributed by atoms with Crippen LogP contribution >= 0.6 is 23.4 Å². The van der Waals surface area contributed by atoms with Crippen LogP contribution in [0.3, 0.4) is 0 Å². The molecule has 3 aromatic heterocycles. The molecule has 4 rings (SSSR count). The molecule has 1 N–H and O–H groups in total. The highest BCUT2D eigenvalue weighted by Gasteiger charge is 2.23. The lowest BCUT2D eigenvalue weighted by molar-refractivity contribution is 0.207. The number of pyridine rings is 1. The van der Waals surface area contributed by atoms with Crippen molar-refractivity contribution in [1.82, 2.24) is 24.4 Å². The number of fused-ring (bicyclic) bond motifs is 1. The van der Waals surface area contributed by atoms with Gasteiger partial charge in [-0.3, -0.25) is 4.40 Å². The van der Waals surface area contributed by atoms with Crippen molar-refractivity contribution in [1.29, 1.82) is 0 Å². The molecule has 0 fully saturated rings. The van der Waals surface area contributed by atoms with E-state index >= 15 is 0 Å². The quantitative estimate of drug-likeness (QED) is 0.530.